The van der Waals surface area contributed by atoms with Gasteiger partial charge in [-0.05, 0) is 13.8 Å². The second-order valence-corrected chi connectivity index (χ2v) is 7.28. The summed E-state index contributed by atoms with van der Waals surface area (Å²) in [7, 11) is -3.11. The zero-order valence-electron chi connectivity index (χ0n) is 11.1. The number of rotatable bonds is 4. The highest BCUT2D eigenvalue weighted by molar-refractivity contribution is 7.88. The second-order valence-electron chi connectivity index (χ2n) is 5.30. The van der Waals surface area contributed by atoms with Crippen molar-refractivity contribution in [1.82, 2.24) is 14.6 Å². The molecular formula is C10H22N4O3S. The predicted octanol–water partition coefficient (Wildman–Crippen LogP) is -1.42. The Morgan fingerprint density at radius 2 is 1.78 bits per heavy atom. The second kappa shape index (κ2) is 5.52. The van der Waals surface area contributed by atoms with Gasteiger partial charge in [-0.1, -0.05) is 0 Å². The van der Waals surface area contributed by atoms with Crippen LogP contribution in [0.3, 0.4) is 0 Å². The number of nitrogens with two attached hydrogens (primary N) is 1. The topological polar surface area (TPSA) is 95.7 Å². The minimum Gasteiger partial charge on any atom is -0.300 e. The molecular weight excluding hydrogens is 256 g/mol. The molecule has 0 unspecified atom stereocenters. The van der Waals surface area contributed by atoms with Crippen LogP contribution in [0, 0.1) is 5.41 Å². The quantitative estimate of drug-likeness (QED) is 0.374. The number of carbonyl (C=O) groups excluding carboxylic acids is 1. The van der Waals surface area contributed by atoms with Gasteiger partial charge in [0, 0.05) is 32.7 Å². The van der Waals surface area contributed by atoms with Gasteiger partial charge < -0.3 is 0 Å². The van der Waals surface area contributed by atoms with Gasteiger partial charge in [0.25, 0.3) is 0 Å². The number of nitrogens with one attached hydrogen (secondary N) is 1. The largest absolute Gasteiger partial charge is 0.300 e. The Balaban J connectivity index is 2.52. The molecule has 1 heterocycles. The molecule has 1 rings (SSSR count). The maximum atomic E-state index is 11.6. The van der Waals surface area contributed by atoms with Crippen LogP contribution in [0.15, 0.2) is 0 Å². The fraction of sp³-hybridized carbons (Fsp3) is 0.900. The number of sulfonamides is 1. The molecule has 0 atom stereocenters. The molecule has 1 amide bonds. The van der Waals surface area contributed by atoms with E-state index in [9.17, 15) is 13.2 Å². The van der Waals surface area contributed by atoms with Crippen LogP contribution >= 0.6 is 0 Å². The lowest BCUT2D eigenvalue weighted by Crippen LogP contribution is -2.53. The van der Waals surface area contributed by atoms with E-state index in [0.29, 0.717) is 32.7 Å². The number of carbonyl (C=O) groups is 1. The summed E-state index contributed by atoms with van der Waals surface area (Å²) in [6, 6.07) is 0. The molecule has 0 bridgehead atoms. The first-order valence-corrected chi connectivity index (χ1v) is 7.70. The van der Waals surface area contributed by atoms with Crippen molar-refractivity contribution in [3.8, 4) is 0 Å². The molecule has 7 nitrogen and oxygen atoms in total. The third-order valence-electron chi connectivity index (χ3n) is 3.16. The molecule has 8 heteroatoms. The first-order chi connectivity index (χ1) is 8.16. The average molecular weight is 278 g/mol. The van der Waals surface area contributed by atoms with Crippen LogP contribution in [0.1, 0.15) is 13.8 Å². The van der Waals surface area contributed by atoms with Crippen molar-refractivity contribution in [2.45, 2.75) is 13.8 Å². The molecule has 0 aromatic heterocycles. The van der Waals surface area contributed by atoms with E-state index >= 15 is 0 Å². The molecule has 0 spiro atoms. The van der Waals surface area contributed by atoms with Gasteiger partial charge in [0.15, 0.2) is 0 Å². The summed E-state index contributed by atoms with van der Waals surface area (Å²) in [6.07, 6.45) is 1.22. The van der Waals surface area contributed by atoms with Crippen LogP contribution in [0.4, 0.5) is 0 Å². The van der Waals surface area contributed by atoms with Crippen molar-refractivity contribution in [2.24, 2.45) is 11.3 Å². The van der Waals surface area contributed by atoms with E-state index < -0.39 is 15.4 Å². The van der Waals surface area contributed by atoms with E-state index in [1.54, 1.807) is 0 Å². The summed E-state index contributed by atoms with van der Waals surface area (Å²) >= 11 is 0. The van der Waals surface area contributed by atoms with Crippen LogP contribution in [0.25, 0.3) is 0 Å². The number of hydrogen-bond acceptors (Lipinski definition) is 5. The average Bonchev–Trinajstić information content (AvgIpc) is 2.26. The Bertz CT molecular complexity index is 399. The number of hydrazine groups is 1. The maximum absolute atomic E-state index is 11.6. The van der Waals surface area contributed by atoms with Gasteiger partial charge >= 0.3 is 0 Å². The summed E-state index contributed by atoms with van der Waals surface area (Å²) in [5.74, 6) is 4.92. The van der Waals surface area contributed by atoms with Crippen molar-refractivity contribution in [3.05, 3.63) is 0 Å². The first-order valence-electron chi connectivity index (χ1n) is 5.85. The lowest BCUT2D eigenvalue weighted by atomic mass is 9.91. The highest BCUT2D eigenvalue weighted by Gasteiger charge is 2.32. The molecule has 1 fully saturated rings. The lowest BCUT2D eigenvalue weighted by Gasteiger charge is -2.37. The molecule has 0 aromatic carbocycles. The SMILES string of the molecule is CC(C)(CN1CCN(S(C)(=O)=O)CC1)C(=O)NN. The fourth-order valence-corrected chi connectivity index (χ4v) is 2.87. The van der Waals surface area contributed by atoms with Crippen LogP contribution in [0.2, 0.25) is 0 Å². The molecule has 3 N–H and O–H groups in total. The molecule has 18 heavy (non-hydrogen) atoms. The van der Waals surface area contributed by atoms with E-state index in [1.165, 1.54) is 10.6 Å². The van der Waals surface area contributed by atoms with Crippen LogP contribution in [0.5, 0.6) is 0 Å². The van der Waals surface area contributed by atoms with Crippen molar-refractivity contribution in [3.63, 3.8) is 0 Å². The van der Waals surface area contributed by atoms with Gasteiger partial charge in [0.1, 0.15) is 0 Å². The van der Waals surface area contributed by atoms with Gasteiger partial charge in [-0.2, -0.15) is 4.31 Å². The normalized spacial score (nSPS) is 19.8. The minimum absolute atomic E-state index is 0.215. The lowest BCUT2D eigenvalue weighted by molar-refractivity contribution is -0.130. The Morgan fingerprint density at radius 1 is 1.28 bits per heavy atom. The van der Waals surface area contributed by atoms with E-state index in [4.69, 9.17) is 5.84 Å². The summed E-state index contributed by atoms with van der Waals surface area (Å²) < 4.78 is 24.2. The molecule has 0 aliphatic carbocycles. The third kappa shape index (κ3) is 3.91. The van der Waals surface area contributed by atoms with Gasteiger partial charge in [-0.25, -0.2) is 14.3 Å². The van der Waals surface area contributed by atoms with E-state index in [0.717, 1.165) is 0 Å². The van der Waals surface area contributed by atoms with Crippen LogP contribution in [-0.2, 0) is 14.8 Å². The van der Waals surface area contributed by atoms with Crippen molar-refractivity contribution in [1.29, 1.82) is 0 Å². The highest BCUT2D eigenvalue weighted by atomic mass is 32.2. The number of amides is 1. The summed E-state index contributed by atoms with van der Waals surface area (Å²) in [4.78, 5) is 13.6. The zero-order valence-corrected chi connectivity index (χ0v) is 12.0. The molecule has 0 aromatic rings. The monoisotopic (exact) mass is 278 g/mol. The van der Waals surface area contributed by atoms with Crippen molar-refractivity contribution >= 4 is 15.9 Å². The van der Waals surface area contributed by atoms with Gasteiger partial charge in [0.05, 0.1) is 11.7 Å². The Kier molecular flexibility index (Phi) is 4.71. The van der Waals surface area contributed by atoms with Crippen molar-refractivity contribution < 1.29 is 13.2 Å². The Morgan fingerprint density at radius 3 is 2.17 bits per heavy atom. The minimum atomic E-state index is -3.11. The highest BCUT2D eigenvalue weighted by Crippen LogP contribution is 2.18. The Labute approximate surface area is 108 Å². The van der Waals surface area contributed by atoms with E-state index in [-0.39, 0.29) is 5.91 Å². The molecule has 1 aliphatic heterocycles. The molecule has 106 valence electrons. The Hall–Kier alpha value is -0.700. The maximum Gasteiger partial charge on any atom is 0.240 e. The number of hydrogen-bond donors (Lipinski definition) is 2. The summed E-state index contributed by atoms with van der Waals surface area (Å²) in [5.41, 5.74) is 1.57. The third-order valence-corrected chi connectivity index (χ3v) is 4.47. The van der Waals surface area contributed by atoms with Crippen LogP contribution < -0.4 is 11.3 Å². The van der Waals surface area contributed by atoms with Crippen LogP contribution in [-0.4, -0.2) is 62.5 Å². The van der Waals surface area contributed by atoms with Crippen molar-refractivity contribution in [2.75, 3.05) is 39.0 Å². The fourth-order valence-electron chi connectivity index (χ4n) is 2.05. The summed E-state index contributed by atoms with van der Waals surface area (Å²) in [5, 5.41) is 0. The summed E-state index contributed by atoms with van der Waals surface area (Å²) in [6.45, 7) is 6.41. The predicted molar refractivity (Wildman–Crippen MR) is 69.0 cm³/mol. The number of piperazine rings is 1. The smallest absolute Gasteiger partial charge is 0.240 e. The van der Waals surface area contributed by atoms with Gasteiger partial charge in [0.2, 0.25) is 15.9 Å². The zero-order chi connectivity index (χ0) is 14.0. The van der Waals surface area contributed by atoms with Gasteiger partial charge in [-0.3, -0.25) is 15.1 Å². The first kappa shape index (κ1) is 15.4. The number of nitrogens with zero attached hydrogens (tertiary/aromatic N) is 2. The van der Waals surface area contributed by atoms with E-state index in [1.807, 2.05) is 13.8 Å². The van der Waals surface area contributed by atoms with E-state index in [2.05, 4.69) is 10.3 Å². The standard InChI is InChI=1S/C10H22N4O3S/c1-10(2,9(15)12-11)8-13-4-6-14(7-5-13)18(3,16)17/h4-8,11H2,1-3H3,(H,12,15). The van der Waals surface area contributed by atoms with Gasteiger partial charge in [-0.15, -0.1) is 0 Å². The molecule has 0 saturated carbocycles. The molecule has 1 saturated heterocycles. The molecule has 1 aliphatic rings. The molecule has 0 radical (unpaired) electrons.